The lowest BCUT2D eigenvalue weighted by Crippen LogP contribution is -2.42. The molecule has 0 bridgehead atoms. The summed E-state index contributed by atoms with van der Waals surface area (Å²) < 4.78 is 0. The summed E-state index contributed by atoms with van der Waals surface area (Å²) in [7, 11) is 1.68. The first kappa shape index (κ1) is 13.7. The highest BCUT2D eigenvalue weighted by Crippen LogP contribution is 2.35. The zero-order chi connectivity index (χ0) is 12.8. The molecular formula is C15H28N2O. The maximum Gasteiger partial charge on any atom is 0.314 e. The Morgan fingerprint density at radius 1 is 0.944 bits per heavy atom. The lowest BCUT2D eigenvalue weighted by atomic mass is 9.76. The summed E-state index contributed by atoms with van der Waals surface area (Å²) in [6, 6.07) is 0.387. The molecule has 2 amide bonds. The van der Waals surface area contributed by atoms with E-state index in [2.05, 4.69) is 10.6 Å². The smallest absolute Gasteiger partial charge is 0.314 e. The van der Waals surface area contributed by atoms with Crippen molar-refractivity contribution in [3.63, 3.8) is 0 Å². The standard InChI is InChI=1S/C15H28N2O/c1-16-15(18)17-14-9-7-13(8-10-14)11-12-5-3-2-4-6-12/h12-14H,2-11H2,1H3,(H2,16,17,18)/t13-,14+. The van der Waals surface area contributed by atoms with Gasteiger partial charge in [0.05, 0.1) is 0 Å². The van der Waals surface area contributed by atoms with Crippen molar-refractivity contribution in [3.8, 4) is 0 Å². The maximum absolute atomic E-state index is 11.3. The van der Waals surface area contributed by atoms with Gasteiger partial charge < -0.3 is 10.6 Å². The van der Waals surface area contributed by atoms with E-state index in [0.717, 1.165) is 11.8 Å². The fraction of sp³-hybridized carbons (Fsp3) is 0.933. The Morgan fingerprint density at radius 3 is 2.17 bits per heavy atom. The molecule has 2 aliphatic carbocycles. The van der Waals surface area contributed by atoms with Crippen LogP contribution in [0.4, 0.5) is 4.79 Å². The molecule has 0 aromatic rings. The van der Waals surface area contributed by atoms with Gasteiger partial charge in [-0.15, -0.1) is 0 Å². The normalized spacial score (nSPS) is 29.8. The molecular weight excluding hydrogens is 224 g/mol. The monoisotopic (exact) mass is 252 g/mol. The molecule has 0 aromatic heterocycles. The summed E-state index contributed by atoms with van der Waals surface area (Å²) in [6.45, 7) is 0. The average molecular weight is 252 g/mol. The third kappa shape index (κ3) is 4.18. The van der Waals surface area contributed by atoms with Gasteiger partial charge in [0.2, 0.25) is 0 Å². The molecule has 0 radical (unpaired) electrons. The molecule has 0 aromatic carbocycles. The second-order valence-corrected chi connectivity index (χ2v) is 6.18. The van der Waals surface area contributed by atoms with Gasteiger partial charge in [-0.3, -0.25) is 0 Å². The van der Waals surface area contributed by atoms with Crippen LogP contribution in [-0.4, -0.2) is 19.1 Å². The van der Waals surface area contributed by atoms with Gasteiger partial charge in [0, 0.05) is 13.1 Å². The molecule has 2 fully saturated rings. The highest BCUT2D eigenvalue weighted by molar-refractivity contribution is 5.73. The molecule has 2 aliphatic rings. The second-order valence-electron chi connectivity index (χ2n) is 6.18. The van der Waals surface area contributed by atoms with E-state index in [-0.39, 0.29) is 6.03 Å². The van der Waals surface area contributed by atoms with Crippen LogP contribution in [-0.2, 0) is 0 Å². The van der Waals surface area contributed by atoms with Crippen LogP contribution in [0.3, 0.4) is 0 Å². The molecule has 104 valence electrons. The predicted octanol–water partition coefficient (Wildman–Crippen LogP) is 3.44. The minimum absolute atomic E-state index is 0.0225. The van der Waals surface area contributed by atoms with Crippen LogP contribution in [0, 0.1) is 11.8 Å². The summed E-state index contributed by atoms with van der Waals surface area (Å²) in [5.41, 5.74) is 0. The first-order valence-corrected chi connectivity index (χ1v) is 7.76. The van der Waals surface area contributed by atoms with Gasteiger partial charge in [0.15, 0.2) is 0 Å². The van der Waals surface area contributed by atoms with E-state index in [9.17, 15) is 4.79 Å². The summed E-state index contributed by atoms with van der Waals surface area (Å²) in [5, 5.41) is 5.68. The quantitative estimate of drug-likeness (QED) is 0.793. The molecule has 0 atom stereocenters. The number of amides is 2. The van der Waals surface area contributed by atoms with E-state index in [1.165, 1.54) is 64.2 Å². The molecule has 0 spiro atoms. The molecule has 3 nitrogen and oxygen atoms in total. The molecule has 2 saturated carbocycles. The van der Waals surface area contributed by atoms with Gasteiger partial charge in [-0.2, -0.15) is 0 Å². The summed E-state index contributed by atoms with van der Waals surface area (Å²) in [5.74, 6) is 1.93. The SMILES string of the molecule is CNC(=O)N[C@H]1CC[C@@H](CC2CCCCC2)CC1. The van der Waals surface area contributed by atoms with E-state index in [1.54, 1.807) is 7.05 Å². The van der Waals surface area contributed by atoms with E-state index in [4.69, 9.17) is 0 Å². The molecule has 0 unspecified atom stereocenters. The highest BCUT2D eigenvalue weighted by Gasteiger charge is 2.25. The first-order valence-electron chi connectivity index (χ1n) is 7.76. The fourth-order valence-corrected chi connectivity index (χ4v) is 3.69. The number of hydrogen-bond donors (Lipinski definition) is 2. The number of urea groups is 1. The first-order chi connectivity index (χ1) is 8.78. The molecule has 0 aliphatic heterocycles. The number of hydrogen-bond acceptors (Lipinski definition) is 1. The van der Waals surface area contributed by atoms with E-state index in [1.807, 2.05) is 0 Å². The molecule has 0 heterocycles. The zero-order valence-electron chi connectivity index (χ0n) is 11.7. The highest BCUT2D eigenvalue weighted by atomic mass is 16.2. The summed E-state index contributed by atoms with van der Waals surface area (Å²) in [6.07, 6.45) is 13.7. The summed E-state index contributed by atoms with van der Waals surface area (Å²) in [4.78, 5) is 11.3. The van der Waals surface area contributed by atoms with Gasteiger partial charge in [0.25, 0.3) is 0 Å². The van der Waals surface area contributed by atoms with Gasteiger partial charge in [0.1, 0.15) is 0 Å². The Morgan fingerprint density at radius 2 is 1.56 bits per heavy atom. The molecule has 3 heteroatoms. The third-order valence-corrected chi connectivity index (χ3v) is 4.80. The minimum Gasteiger partial charge on any atom is -0.341 e. The Labute approximate surface area is 111 Å². The van der Waals surface area contributed by atoms with Crippen molar-refractivity contribution in [2.75, 3.05) is 7.05 Å². The Hall–Kier alpha value is -0.730. The average Bonchev–Trinajstić information content (AvgIpc) is 2.42. The number of carbonyl (C=O) groups is 1. The molecule has 2 N–H and O–H groups in total. The predicted molar refractivity (Wildman–Crippen MR) is 74.5 cm³/mol. The van der Waals surface area contributed by atoms with Crippen molar-refractivity contribution < 1.29 is 4.79 Å². The topological polar surface area (TPSA) is 41.1 Å². The van der Waals surface area contributed by atoms with Crippen LogP contribution >= 0.6 is 0 Å². The lowest BCUT2D eigenvalue weighted by molar-refractivity contribution is 0.211. The van der Waals surface area contributed by atoms with Gasteiger partial charge >= 0.3 is 6.03 Å². The van der Waals surface area contributed by atoms with Gasteiger partial charge in [-0.25, -0.2) is 4.79 Å². The number of carbonyl (C=O) groups excluding carboxylic acids is 1. The van der Waals surface area contributed by atoms with E-state index in [0.29, 0.717) is 6.04 Å². The van der Waals surface area contributed by atoms with Crippen molar-refractivity contribution in [3.05, 3.63) is 0 Å². The van der Waals surface area contributed by atoms with Crippen LogP contribution in [0.25, 0.3) is 0 Å². The van der Waals surface area contributed by atoms with E-state index >= 15 is 0 Å². The van der Waals surface area contributed by atoms with Gasteiger partial charge in [-0.05, 0) is 43.9 Å². The maximum atomic E-state index is 11.3. The molecule has 0 saturated heterocycles. The second kappa shape index (κ2) is 7.01. The van der Waals surface area contributed by atoms with Crippen LogP contribution < -0.4 is 10.6 Å². The minimum atomic E-state index is -0.0225. The largest absolute Gasteiger partial charge is 0.341 e. The fourth-order valence-electron chi connectivity index (χ4n) is 3.69. The number of rotatable bonds is 3. The Bertz CT molecular complexity index is 253. The Kier molecular flexibility index (Phi) is 5.33. The van der Waals surface area contributed by atoms with E-state index < -0.39 is 0 Å². The van der Waals surface area contributed by atoms with Crippen molar-refractivity contribution in [2.24, 2.45) is 11.8 Å². The van der Waals surface area contributed by atoms with Crippen LogP contribution in [0.15, 0.2) is 0 Å². The van der Waals surface area contributed by atoms with Crippen molar-refractivity contribution in [1.82, 2.24) is 10.6 Å². The Balaban J connectivity index is 1.65. The van der Waals surface area contributed by atoms with Gasteiger partial charge in [-0.1, -0.05) is 32.1 Å². The number of nitrogens with one attached hydrogen (secondary N) is 2. The van der Waals surface area contributed by atoms with Crippen LogP contribution in [0.2, 0.25) is 0 Å². The van der Waals surface area contributed by atoms with Crippen molar-refractivity contribution in [2.45, 2.75) is 70.3 Å². The third-order valence-electron chi connectivity index (χ3n) is 4.80. The van der Waals surface area contributed by atoms with Crippen molar-refractivity contribution >= 4 is 6.03 Å². The van der Waals surface area contributed by atoms with Crippen LogP contribution in [0.5, 0.6) is 0 Å². The van der Waals surface area contributed by atoms with Crippen molar-refractivity contribution in [1.29, 1.82) is 0 Å². The zero-order valence-corrected chi connectivity index (χ0v) is 11.7. The molecule has 18 heavy (non-hydrogen) atoms. The lowest BCUT2D eigenvalue weighted by Gasteiger charge is -2.32. The molecule has 2 rings (SSSR count). The van der Waals surface area contributed by atoms with Crippen LogP contribution in [0.1, 0.15) is 64.2 Å². The summed E-state index contributed by atoms with van der Waals surface area (Å²) >= 11 is 0.